The van der Waals surface area contributed by atoms with Gasteiger partial charge in [0.15, 0.2) is 0 Å². The first kappa shape index (κ1) is 15.7. The molecule has 2 amide bonds. The van der Waals surface area contributed by atoms with Gasteiger partial charge in [-0.25, -0.2) is 4.79 Å². The second-order valence-electron chi connectivity index (χ2n) is 4.42. The number of thioether (sulfide) groups is 1. The fraction of sp³-hybridized carbons (Fsp3) is 0.308. The Kier molecular flexibility index (Phi) is 5.08. The zero-order valence-corrected chi connectivity index (χ0v) is 12.5. The summed E-state index contributed by atoms with van der Waals surface area (Å²) in [5, 5.41) is 12.1. The number of piperazine rings is 1. The summed E-state index contributed by atoms with van der Waals surface area (Å²) in [7, 11) is 0. The van der Waals surface area contributed by atoms with Gasteiger partial charge >= 0.3 is 5.97 Å². The van der Waals surface area contributed by atoms with Crippen molar-refractivity contribution in [3.8, 4) is 0 Å². The lowest BCUT2D eigenvalue weighted by atomic mass is 10.2. The third-order valence-corrected chi connectivity index (χ3v) is 4.21. The van der Waals surface area contributed by atoms with Crippen molar-refractivity contribution in [2.75, 3.05) is 18.8 Å². The third-order valence-electron chi connectivity index (χ3n) is 2.96. The molecule has 0 radical (unpaired) electrons. The molecule has 2 N–H and O–H groups in total. The summed E-state index contributed by atoms with van der Waals surface area (Å²) in [4.78, 5) is 36.5. The molecule has 21 heavy (non-hydrogen) atoms. The molecule has 0 aliphatic carbocycles. The standard InChI is InChI=1S/C13H13ClN2O4S/c14-8-1-3-9(4-2-8)21-7-12(18)16-6-11(17)15-5-10(16)13(19)20/h1-4,10H,5-7H2,(H,15,17)(H,19,20). The SMILES string of the molecule is O=C1CN(C(=O)CSc2ccc(Cl)cc2)C(C(=O)O)CN1. The Morgan fingerprint density at radius 3 is 2.67 bits per heavy atom. The first-order valence-corrected chi connectivity index (χ1v) is 7.51. The Hall–Kier alpha value is -1.73. The number of halogens is 1. The predicted octanol–water partition coefficient (Wildman–Crippen LogP) is 0.844. The van der Waals surface area contributed by atoms with Gasteiger partial charge in [-0.1, -0.05) is 11.6 Å². The largest absolute Gasteiger partial charge is 0.480 e. The third kappa shape index (κ3) is 4.12. The van der Waals surface area contributed by atoms with Gasteiger partial charge in [0.05, 0.1) is 5.75 Å². The molecule has 0 saturated carbocycles. The molecule has 1 saturated heterocycles. The molecule has 6 nitrogen and oxygen atoms in total. The highest BCUT2D eigenvalue weighted by Gasteiger charge is 2.34. The maximum atomic E-state index is 12.1. The van der Waals surface area contributed by atoms with E-state index in [2.05, 4.69) is 5.32 Å². The molecule has 8 heteroatoms. The Morgan fingerprint density at radius 2 is 2.05 bits per heavy atom. The lowest BCUT2D eigenvalue weighted by Gasteiger charge is -2.32. The Bertz CT molecular complexity index is 564. The number of rotatable bonds is 4. The van der Waals surface area contributed by atoms with Gasteiger partial charge in [0.1, 0.15) is 12.6 Å². The molecular weight excluding hydrogens is 316 g/mol. The maximum Gasteiger partial charge on any atom is 0.328 e. The fourth-order valence-corrected chi connectivity index (χ4v) is 2.79. The molecule has 0 spiro atoms. The first-order chi connectivity index (χ1) is 9.97. The normalized spacial score (nSPS) is 18.2. The van der Waals surface area contributed by atoms with Crippen LogP contribution >= 0.6 is 23.4 Å². The molecule has 1 fully saturated rings. The molecule has 0 bridgehead atoms. The first-order valence-electron chi connectivity index (χ1n) is 6.14. The van der Waals surface area contributed by atoms with Gasteiger partial charge in [-0.15, -0.1) is 11.8 Å². The van der Waals surface area contributed by atoms with Crippen LogP contribution in [0.2, 0.25) is 5.02 Å². The van der Waals surface area contributed by atoms with Crippen LogP contribution in [0, 0.1) is 0 Å². The van der Waals surface area contributed by atoms with Crippen molar-refractivity contribution in [1.82, 2.24) is 10.2 Å². The van der Waals surface area contributed by atoms with E-state index in [0.717, 1.165) is 9.80 Å². The Balaban J connectivity index is 1.98. The van der Waals surface area contributed by atoms with Gasteiger partial charge in [-0.3, -0.25) is 9.59 Å². The van der Waals surface area contributed by atoms with E-state index in [1.165, 1.54) is 11.8 Å². The zero-order valence-electron chi connectivity index (χ0n) is 10.9. The van der Waals surface area contributed by atoms with E-state index in [9.17, 15) is 14.4 Å². The van der Waals surface area contributed by atoms with E-state index >= 15 is 0 Å². The highest BCUT2D eigenvalue weighted by atomic mass is 35.5. The van der Waals surface area contributed by atoms with Crippen molar-refractivity contribution in [3.05, 3.63) is 29.3 Å². The summed E-state index contributed by atoms with van der Waals surface area (Å²) < 4.78 is 0. The minimum Gasteiger partial charge on any atom is -0.480 e. The van der Waals surface area contributed by atoms with Crippen molar-refractivity contribution in [3.63, 3.8) is 0 Å². The van der Waals surface area contributed by atoms with Gasteiger partial charge in [0, 0.05) is 16.5 Å². The molecule has 112 valence electrons. The van der Waals surface area contributed by atoms with Crippen LogP contribution in [0.3, 0.4) is 0 Å². The number of aliphatic carboxylic acids is 1. The fourth-order valence-electron chi connectivity index (χ4n) is 1.88. The monoisotopic (exact) mass is 328 g/mol. The molecule has 2 rings (SSSR count). The molecule has 1 aliphatic heterocycles. The van der Waals surface area contributed by atoms with Crippen molar-refractivity contribution in [2.24, 2.45) is 0 Å². The van der Waals surface area contributed by atoms with E-state index < -0.39 is 12.0 Å². The zero-order chi connectivity index (χ0) is 15.4. The van der Waals surface area contributed by atoms with E-state index in [-0.39, 0.29) is 30.7 Å². The lowest BCUT2D eigenvalue weighted by molar-refractivity contribution is -0.152. The number of hydrogen-bond donors (Lipinski definition) is 2. The van der Waals surface area contributed by atoms with Crippen molar-refractivity contribution >= 4 is 41.1 Å². The number of carbonyl (C=O) groups is 3. The molecule has 1 atom stereocenters. The second kappa shape index (κ2) is 6.82. The maximum absolute atomic E-state index is 12.1. The van der Waals surface area contributed by atoms with Crippen LogP contribution in [0.4, 0.5) is 0 Å². The average Bonchev–Trinajstić information content (AvgIpc) is 2.46. The molecule has 0 aromatic heterocycles. The van der Waals surface area contributed by atoms with E-state index in [1.807, 2.05) is 0 Å². The summed E-state index contributed by atoms with van der Waals surface area (Å²) in [5.74, 6) is -1.78. The summed E-state index contributed by atoms with van der Waals surface area (Å²) >= 11 is 7.04. The van der Waals surface area contributed by atoms with Crippen molar-refractivity contribution in [2.45, 2.75) is 10.9 Å². The number of carbonyl (C=O) groups excluding carboxylic acids is 2. The van der Waals surface area contributed by atoms with E-state index in [4.69, 9.17) is 16.7 Å². The summed E-state index contributed by atoms with van der Waals surface area (Å²) in [5.41, 5.74) is 0. The highest BCUT2D eigenvalue weighted by molar-refractivity contribution is 8.00. The van der Waals surface area contributed by atoms with Gasteiger partial charge in [0.2, 0.25) is 11.8 Å². The minimum absolute atomic E-state index is 0.0640. The molecule has 1 unspecified atom stereocenters. The summed E-state index contributed by atoms with van der Waals surface area (Å²) in [6, 6.07) is 5.96. The van der Waals surface area contributed by atoms with Crippen LogP contribution in [0.5, 0.6) is 0 Å². The topological polar surface area (TPSA) is 86.7 Å². The molecular formula is C13H13ClN2O4S. The molecule has 1 aromatic carbocycles. The minimum atomic E-state index is -1.13. The van der Waals surface area contributed by atoms with Crippen LogP contribution < -0.4 is 5.32 Å². The molecule has 1 heterocycles. The summed E-state index contributed by atoms with van der Waals surface area (Å²) in [6.45, 7) is -0.289. The second-order valence-corrected chi connectivity index (χ2v) is 5.91. The van der Waals surface area contributed by atoms with Gasteiger partial charge in [0.25, 0.3) is 0 Å². The number of carboxylic acids is 1. The average molecular weight is 329 g/mol. The van der Waals surface area contributed by atoms with E-state index in [0.29, 0.717) is 5.02 Å². The smallest absolute Gasteiger partial charge is 0.328 e. The van der Waals surface area contributed by atoms with Gasteiger partial charge < -0.3 is 15.3 Å². The van der Waals surface area contributed by atoms with Crippen LogP contribution in [-0.2, 0) is 14.4 Å². The number of hydrogen-bond acceptors (Lipinski definition) is 4. The number of benzene rings is 1. The summed E-state index contributed by atoms with van der Waals surface area (Å²) in [6.07, 6.45) is 0. The van der Waals surface area contributed by atoms with Crippen LogP contribution in [0.25, 0.3) is 0 Å². The number of nitrogens with one attached hydrogen (secondary N) is 1. The number of carboxylic acid groups (broad SMARTS) is 1. The van der Waals surface area contributed by atoms with Crippen LogP contribution in [0.1, 0.15) is 0 Å². The highest BCUT2D eigenvalue weighted by Crippen LogP contribution is 2.21. The van der Waals surface area contributed by atoms with Crippen LogP contribution in [0.15, 0.2) is 29.2 Å². The van der Waals surface area contributed by atoms with Gasteiger partial charge in [-0.05, 0) is 24.3 Å². The molecule has 1 aromatic rings. The van der Waals surface area contributed by atoms with E-state index in [1.54, 1.807) is 24.3 Å². The van der Waals surface area contributed by atoms with Gasteiger partial charge in [-0.2, -0.15) is 0 Å². The quantitative estimate of drug-likeness (QED) is 0.800. The Labute approximate surface area is 130 Å². The Morgan fingerprint density at radius 1 is 1.38 bits per heavy atom. The lowest BCUT2D eigenvalue weighted by Crippen LogP contribution is -2.59. The van der Waals surface area contributed by atoms with Crippen LogP contribution in [-0.4, -0.2) is 52.7 Å². The predicted molar refractivity (Wildman–Crippen MR) is 78.3 cm³/mol. The number of nitrogens with zero attached hydrogens (tertiary/aromatic N) is 1. The number of amides is 2. The van der Waals surface area contributed by atoms with Crippen molar-refractivity contribution < 1.29 is 19.5 Å². The van der Waals surface area contributed by atoms with Crippen molar-refractivity contribution in [1.29, 1.82) is 0 Å². The molecule has 1 aliphatic rings.